The number of benzene rings is 1. The van der Waals surface area contributed by atoms with Crippen LogP contribution in [-0.2, 0) is 12.8 Å². The molecule has 17 heavy (non-hydrogen) atoms. The first-order chi connectivity index (χ1) is 8.22. The van der Waals surface area contributed by atoms with E-state index in [1.165, 1.54) is 36.9 Å². The molecule has 1 heterocycles. The smallest absolute Gasteiger partial charge is 0.0313 e. The molecule has 1 aliphatic rings. The zero-order valence-corrected chi connectivity index (χ0v) is 11.1. The predicted octanol–water partition coefficient (Wildman–Crippen LogP) is 3.36. The van der Waals surface area contributed by atoms with Crippen LogP contribution in [0.25, 0.3) is 0 Å². The van der Waals surface area contributed by atoms with E-state index in [0.717, 1.165) is 6.42 Å². The van der Waals surface area contributed by atoms with Crippen LogP contribution in [0.5, 0.6) is 0 Å². The highest BCUT2D eigenvalue weighted by Crippen LogP contribution is 2.22. The van der Waals surface area contributed by atoms with E-state index in [9.17, 15) is 0 Å². The average molecular weight is 229 g/mol. The third kappa shape index (κ3) is 2.78. The zero-order chi connectivity index (χ0) is 12.3. The Morgan fingerprint density at radius 1 is 1.35 bits per heavy atom. The van der Waals surface area contributed by atoms with Gasteiger partial charge < -0.3 is 0 Å². The van der Waals surface area contributed by atoms with E-state index in [1.54, 1.807) is 5.56 Å². The Morgan fingerprint density at radius 2 is 2.18 bits per heavy atom. The van der Waals surface area contributed by atoms with Crippen molar-refractivity contribution in [2.75, 3.05) is 13.6 Å². The minimum absolute atomic E-state index is 0.480. The lowest BCUT2D eigenvalue weighted by Gasteiger charge is -2.25. The first kappa shape index (κ1) is 12.4. The number of nitrogens with zero attached hydrogens (tertiary/aromatic N) is 1. The van der Waals surface area contributed by atoms with Crippen LogP contribution in [0.4, 0.5) is 0 Å². The molecule has 1 atom stereocenters. The lowest BCUT2D eigenvalue weighted by molar-refractivity contribution is 0.277. The van der Waals surface area contributed by atoms with Gasteiger partial charge in [0.2, 0.25) is 0 Å². The van der Waals surface area contributed by atoms with Gasteiger partial charge in [0.05, 0.1) is 0 Å². The van der Waals surface area contributed by atoms with Gasteiger partial charge in [-0.3, -0.25) is 4.90 Å². The van der Waals surface area contributed by atoms with Gasteiger partial charge in [0.1, 0.15) is 0 Å². The molecule has 0 saturated carbocycles. The van der Waals surface area contributed by atoms with Crippen molar-refractivity contribution in [3.05, 3.63) is 47.5 Å². The molecule has 0 fully saturated rings. The van der Waals surface area contributed by atoms with Crippen LogP contribution in [0.2, 0.25) is 0 Å². The normalized spacial score (nSPS) is 22.1. The second-order valence-electron chi connectivity index (χ2n) is 5.16. The van der Waals surface area contributed by atoms with E-state index in [2.05, 4.69) is 49.7 Å². The van der Waals surface area contributed by atoms with Crippen molar-refractivity contribution in [1.82, 2.24) is 4.90 Å². The molecule has 0 bridgehead atoms. The molecule has 0 radical (unpaired) electrons. The summed E-state index contributed by atoms with van der Waals surface area (Å²) in [7, 11) is 2.22. The highest BCUT2D eigenvalue weighted by atomic mass is 15.1. The van der Waals surface area contributed by atoms with E-state index in [1.807, 2.05) is 0 Å². The van der Waals surface area contributed by atoms with Gasteiger partial charge in [0.25, 0.3) is 0 Å². The summed E-state index contributed by atoms with van der Waals surface area (Å²) in [5.41, 5.74) is 4.55. The Labute approximate surface area is 105 Å². The Balaban J connectivity index is 2.34. The number of fused-ring (bicyclic) bond motifs is 1. The molecule has 1 unspecified atom stereocenters. The van der Waals surface area contributed by atoms with Crippen molar-refractivity contribution in [2.24, 2.45) is 0 Å². The molecule has 0 saturated heterocycles. The van der Waals surface area contributed by atoms with Gasteiger partial charge in [-0.05, 0) is 62.9 Å². The third-order valence-corrected chi connectivity index (χ3v) is 3.96. The lowest BCUT2D eigenvalue weighted by Crippen LogP contribution is -2.32. The average Bonchev–Trinajstić information content (AvgIpc) is 2.40. The van der Waals surface area contributed by atoms with Crippen molar-refractivity contribution in [1.29, 1.82) is 0 Å². The number of likely N-dealkylation sites (N-methyl/N-ethyl adjacent to an activating group) is 1. The molecule has 0 N–H and O–H groups in total. The van der Waals surface area contributed by atoms with Crippen molar-refractivity contribution in [3.63, 3.8) is 0 Å². The quantitative estimate of drug-likeness (QED) is 0.667. The topological polar surface area (TPSA) is 3.24 Å². The molecule has 92 valence electrons. The lowest BCUT2D eigenvalue weighted by atomic mass is 9.93. The second-order valence-corrected chi connectivity index (χ2v) is 5.16. The fraction of sp³-hybridized carbons (Fsp3) is 0.500. The van der Waals surface area contributed by atoms with Gasteiger partial charge >= 0.3 is 0 Å². The zero-order valence-electron chi connectivity index (χ0n) is 11.1. The van der Waals surface area contributed by atoms with Crippen LogP contribution >= 0.6 is 0 Å². The summed E-state index contributed by atoms with van der Waals surface area (Å²) in [4.78, 5) is 2.43. The molecule has 0 amide bonds. The number of hydrogen-bond acceptors (Lipinski definition) is 1. The van der Waals surface area contributed by atoms with E-state index >= 15 is 0 Å². The summed E-state index contributed by atoms with van der Waals surface area (Å²) in [6.07, 6.45) is 7.02. The van der Waals surface area contributed by atoms with Gasteiger partial charge in [-0.2, -0.15) is 0 Å². The Morgan fingerprint density at radius 3 is 2.94 bits per heavy atom. The van der Waals surface area contributed by atoms with Gasteiger partial charge in [0, 0.05) is 6.04 Å². The van der Waals surface area contributed by atoms with E-state index in [-0.39, 0.29) is 0 Å². The summed E-state index contributed by atoms with van der Waals surface area (Å²) < 4.78 is 0. The van der Waals surface area contributed by atoms with Gasteiger partial charge in [-0.15, -0.1) is 6.58 Å². The second kappa shape index (κ2) is 5.50. The molecule has 0 aliphatic carbocycles. The molecule has 1 nitrogen and oxygen atoms in total. The fourth-order valence-electron chi connectivity index (χ4n) is 2.79. The van der Waals surface area contributed by atoms with Crippen molar-refractivity contribution >= 4 is 0 Å². The van der Waals surface area contributed by atoms with Gasteiger partial charge in [0.15, 0.2) is 0 Å². The third-order valence-electron chi connectivity index (χ3n) is 3.96. The van der Waals surface area contributed by atoms with Crippen molar-refractivity contribution in [3.8, 4) is 0 Å². The largest absolute Gasteiger partial charge is 0.300 e. The monoisotopic (exact) mass is 229 g/mol. The van der Waals surface area contributed by atoms with E-state index in [4.69, 9.17) is 0 Å². The fourth-order valence-corrected chi connectivity index (χ4v) is 2.79. The van der Waals surface area contributed by atoms with Crippen LogP contribution in [0.1, 0.15) is 29.5 Å². The summed E-state index contributed by atoms with van der Waals surface area (Å²) in [5, 5.41) is 0. The maximum atomic E-state index is 3.99. The highest BCUT2D eigenvalue weighted by Gasteiger charge is 2.16. The van der Waals surface area contributed by atoms with Gasteiger partial charge in [-0.1, -0.05) is 24.3 Å². The first-order valence-corrected chi connectivity index (χ1v) is 6.62. The maximum Gasteiger partial charge on any atom is 0.0313 e. The Hall–Kier alpha value is -1.08. The van der Waals surface area contributed by atoms with Crippen LogP contribution in [0.15, 0.2) is 30.9 Å². The molecular weight excluding hydrogens is 206 g/mol. The van der Waals surface area contributed by atoms with Crippen LogP contribution < -0.4 is 0 Å². The molecular formula is C16H23N. The minimum atomic E-state index is 0.480. The maximum absolute atomic E-state index is 3.99. The first-order valence-electron chi connectivity index (χ1n) is 6.62. The molecule has 1 heteroatoms. The Kier molecular flexibility index (Phi) is 4.01. The summed E-state index contributed by atoms with van der Waals surface area (Å²) >= 11 is 0. The summed E-state index contributed by atoms with van der Waals surface area (Å²) in [5.74, 6) is 0. The summed E-state index contributed by atoms with van der Waals surface area (Å²) in [6, 6.07) is 7.20. The van der Waals surface area contributed by atoms with Crippen molar-refractivity contribution in [2.45, 2.75) is 38.6 Å². The van der Waals surface area contributed by atoms with E-state index < -0.39 is 0 Å². The van der Waals surface area contributed by atoms with E-state index in [0.29, 0.717) is 6.04 Å². The molecule has 0 aromatic heterocycles. The number of aryl methyl sites for hydroxylation is 1. The highest BCUT2D eigenvalue weighted by molar-refractivity contribution is 5.35. The standard InChI is InChI=1S/C16H23N/c1-4-15-12-14-9-7-8-13(2)16(14)10-5-6-11-17(15)3/h4,7-9,15H,1,5-6,10-12H2,2-3H3. The van der Waals surface area contributed by atoms with Crippen molar-refractivity contribution < 1.29 is 0 Å². The molecule has 0 spiro atoms. The molecule has 1 aromatic carbocycles. The minimum Gasteiger partial charge on any atom is -0.300 e. The summed E-state index contributed by atoms with van der Waals surface area (Å²) in [6.45, 7) is 7.42. The Bertz CT molecular complexity index is 395. The number of rotatable bonds is 1. The van der Waals surface area contributed by atoms with Gasteiger partial charge in [-0.25, -0.2) is 0 Å². The molecule has 1 aromatic rings. The van der Waals surface area contributed by atoms with Crippen LogP contribution in [-0.4, -0.2) is 24.5 Å². The predicted molar refractivity (Wildman–Crippen MR) is 74.4 cm³/mol. The van der Waals surface area contributed by atoms with Crippen LogP contribution in [0.3, 0.4) is 0 Å². The SMILES string of the molecule is C=CC1Cc2cccc(C)c2CCCCN1C. The number of hydrogen-bond donors (Lipinski definition) is 0. The van der Waals surface area contributed by atoms with Crippen LogP contribution in [0, 0.1) is 6.92 Å². The molecule has 1 aliphatic heterocycles. The molecule has 2 rings (SSSR count).